The van der Waals surface area contributed by atoms with Crippen molar-refractivity contribution < 1.29 is 19.0 Å². The van der Waals surface area contributed by atoms with E-state index in [4.69, 9.17) is 19.2 Å². The van der Waals surface area contributed by atoms with Crippen LogP contribution in [0.1, 0.15) is 25.0 Å². The molecule has 33 heavy (non-hydrogen) atoms. The number of methoxy groups -OCH3 is 1. The van der Waals surface area contributed by atoms with Gasteiger partial charge in [-0.05, 0) is 49.3 Å². The molecule has 0 spiro atoms. The van der Waals surface area contributed by atoms with E-state index in [1.54, 1.807) is 7.11 Å². The minimum atomic E-state index is 0. The van der Waals surface area contributed by atoms with Crippen LogP contribution in [0.2, 0.25) is 0 Å². The summed E-state index contributed by atoms with van der Waals surface area (Å²) >= 11 is 1.54. The van der Waals surface area contributed by atoms with E-state index < -0.39 is 0 Å². The molecule has 1 aliphatic rings. The zero-order valence-corrected chi connectivity index (χ0v) is 21.1. The molecule has 9 heteroatoms. The van der Waals surface area contributed by atoms with Crippen LogP contribution in [-0.4, -0.2) is 55.9 Å². The second-order valence-corrected chi connectivity index (χ2v) is 8.67. The molecule has 0 fully saturated rings. The van der Waals surface area contributed by atoms with Crippen molar-refractivity contribution in [3.05, 3.63) is 41.5 Å². The van der Waals surface area contributed by atoms with Crippen LogP contribution in [0.3, 0.4) is 0 Å². The minimum absolute atomic E-state index is 0. The van der Waals surface area contributed by atoms with E-state index in [9.17, 15) is 4.79 Å². The Morgan fingerprint density at radius 3 is 2.61 bits per heavy atom. The second kappa shape index (κ2) is 11.0. The Kier molecular flexibility index (Phi) is 8.40. The predicted octanol–water partition coefficient (Wildman–Crippen LogP) is 4.68. The molecule has 4 rings (SSSR count). The maximum Gasteiger partial charge on any atom is 0.233 e. The number of carbonyl (C=O) groups excluding carboxylic acids is 1. The van der Waals surface area contributed by atoms with Gasteiger partial charge in [0.2, 0.25) is 12.7 Å². The molecule has 178 valence electrons. The van der Waals surface area contributed by atoms with Crippen molar-refractivity contribution in [1.29, 1.82) is 0 Å². The first-order valence-corrected chi connectivity index (χ1v) is 11.7. The quantitative estimate of drug-likeness (QED) is 0.433. The number of nitrogens with zero attached hydrogens (tertiary/aromatic N) is 3. The number of hydrogen-bond acceptors (Lipinski definition) is 7. The third-order valence-corrected chi connectivity index (χ3v) is 6.98. The van der Waals surface area contributed by atoms with Crippen molar-refractivity contribution in [2.75, 3.05) is 45.0 Å². The number of halogens is 1. The molecule has 0 radical (unpaired) electrons. The molecule has 0 N–H and O–H groups in total. The molecule has 7 nitrogen and oxygen atoms in total. The van der Waals surface area contributed by atoms with Crippen molar-refractivity contribution >= 4 is 45.0 Å². The SMILES string of the molecule is CCN(CC)CCN(C(=O)Cc1ccc2c(c1)OCO2)c1nc2c(OC)ccc(C)c2s1.Cl. The molecule has 0 bridgehead atoms. The number of amides is 1. The third kappa shape index (κ3) is 5.34. The molecule has 0 aliphatic carbocycles. The smallest absolute Gasteiger partial charge is 0.233 e. The van der Waals surface area contributed by atoms with Crippen LogP contribution in [0, 0.1) is 6.92 Å². The predicted molar refractivity (Wildman–Crippen MR) is 135 cm³/mol. The van der Waals surface area contributed by atoms with Crippen LogP contribution in [0.4, 0.5) is 5.13 Å². The lowest BCUT2D eigenvalue weighted by Gasteiger charge is -2.24. The molecule has 0 unspecified atom stereocenters. The van der Waals surface area contributed by atoms with Crippen LogP contribution in [-0.2, 0) is 11.2 Å². The summed E-state index contributed by atoms with van der Waals surface area (Å²) in [6.07, 6.45) is 0.265. The standard InChI is InChI=1S/C24H29N3O4S.ClH/c1-5-26(6-2)11-12-27(21(28)14-17-8-10-18-20(13-17)31-15-30-18)24-25-22-19(29-4)9-7-16(3)23(22)32-24;/h7-10,13H,5-6,11-12,14-15H2,1-4H3;1H. The molecule has 1 aliphatic heterocycles. The summed E-state index contributed by atoms with van der Waals surface area (Å²) in [7, 11) is 1.64. The highest BCUT2D eigenvalue weighted by Crippen LogP contribution is 2.37. The van der Waals surface area contributed by atoms with Gasteiger partial charge in [-0.25, -0.2) is 4.98 Å². The van der Waals surface area contributed by atoms with Crippen molar-refractivity contribution in [3.63, 3.8) is 0 Å². The van der Waals surface area contributed by atoms with E-state index >= 15 is 0 Å². The van der Waals surface area contributed by atoms with Crippen molar-refractivity contribution in [2.45, 2.75) is 27.2 Å². The van der Waals surface area contributed by atoms with E-state index in [-0.39, 0.29) is 31.5 Å². The molecular weight excluding hydrogens is 462 g/mol. The number of benzene rings is 2. The van der Waals surface area contributed by atoms with Gasteiger partial charge in [-0.2, -0.15) is 0 Å². The molecule has 2 heterocycles. The Labute approximate surface area is 204 Å². The fourth-order valence-electron chi connectivity index (χ4n) is 3.81. The number of fused-ring (bicyclic) bond motifs is 2. The Morgan fingerprint density at radius 1 is 1.12 bits per heavy atom. The minimum Gasteiger partial charge on any atom is -0.494 e. The highest BCUT2D eigenvalue weighted by atomic mass is 35.5. The fraction of sp³-hybridized carbons (Fsp3) is 0.417. The number of ether oxygens (including phenoxy) is 3. The van der Waals surface area contributed by atoms with E-state index in [1.807, 2.05) is 35.2 Å². The summed E-state index contributed by atoms with van der Waals surface area (Å²) in [5.74, 6) is 2.13. The second-order valence-electron chi connectivity index (χ2n) is 7.70. The van der Waals surface area contributed by atoms with Gasteiger partial charge in [0, 0.05) is 13.1 Å². The van der Waals surface area contributed by atoms with Crippen molar-refractivity contribution in [3.8, 4) is 17.2 Å². The van der Waals surface area contributed by atoms with Crippen LogP contribution < -0.4 is 19.1 Å². The highest BCUT2D eigenvalue weighted by molar-refractivity contribution is 7.22. The number of thiazole rings is 1. The van der Waals surface area contributed by atoms with Gasteiger partial charge in [0.05, 0.1) is 18.2 Å². The first-order chi connectivity index (χ1) is 15.5. The zero-order chi connectivity index (χ0) is 22.7. The van der Waals surface area contributed by atoms with Gasteiger partial charge in [-0.3, -0.25) is 9.69 Å². The lowest BCUT2D eigenvalue weighted by molar-refractivity contribution is -0.118. The van der Waals surface area contributed by atoms with Gasteiger partial charge in [0.25, 0.3) is 0 Å². The average molecular weight is 492 g/mol. The molecule has 1 amide bonds. The lowest BCUT2D eigenvalue weighted by atomic mass is 10.1. The van der Waals surface area contributed by atoms with Crippen LogP contribution >= 0.6 is 23.7 Å². The molecule has 0 atom stereocenters. The van der Waals surface area contributed by atoms with Gasteiger partial charge in [-0.1, -0.05) is 37.3 Å². The number of rotatable bonds is 9. The average Bonchev–Trinajstić information content (AvgIpc) is 3.44. The summed E-state index contributed by atoms with van der Waals surface area (Å²) in [5, 5.41) is 0.700. The summed E-state index contributed by atoms with van der Waals surface area (Å²) < 4.78 is 17.4. The van der Waals surface area contributed by atoms with Crippen molar-refractivity contribution in [2.24, 2.45) is 0 Å². The Morgan fingerprint density at radius 2 is 1.88 bits per heavy atom. The maximum atomic E-state index is 13.5. The third-order valence-electron chi connectivity index (χ3n) is 5.77. The summed E-state index contributed by atoms with van der Waals surface area (Å²) in [6, 6.07) is 9.61. The highest BCUT2D eigenvalue weighted by Gasteiger charge is 2.23. The number of aryl methyl sites for hydroxylation is 1. The number of anilines is 1. The van der Waals surface area contributed by atoms with Gasteiger partial charge >= 0.3 is 0 Å². The number of carbonyl (C=O) groups is 1. The summed E-state index contributed by atoms with van der Waals surface area (Å²) in [6.45, 7) is 9.77. The topological polar surface area (TPSA) is 64.1 Å². The van der Waals surface area contributed by atoms with E-state index in [1.165, 1.54) is 11.3 Å². The van der Waals surface area contributed by atoms with Crippen LogP contribution in [0.5, 0.6) is 17.2 Å². The van der Waals surface area contributed by atoms with Gasteiger partial charge in [0.15, 0.2) is 16.6 Å². The maximum absolute atomic E-state index is 13.5. The van der Waals surface area contributed by atoms with E-state index in [0.29, 0.717) is 23.2 Å². The first-order valence-electron chi connectivity index (χ1n) is 10.9. The molecule has 2 aromatic carbocycles. The van der Waals surface area contributed by atoms with Gasteiger partial charge in [-0.15, -0.1) is 12.4 Å². The fourth-order valence-corrected chi connectivity index (χ4v) is 4.90. The Hall–Kier alpha value is -2.55. The molecule has 0 saturated carbocycles. The first kappa shape index (κ1) is 25.1. The van der Waals surface area contributed by atoms with Crippen LogP contribution in [0.25, 0.3) is 10.2 Å². The Bertz CT molecular complexity index is 1120. The van der Waals surface area contributed by atoms with Crippen LogP contribution in [0.15, 0.2) is 30.3 Å². The molecule has 3 aromatic rings. The number of hydrogen-bond donors (Lipinski definition) is 0. The number of likely N-dealkylation sites (N-methyl/N-ethyl adjacent to an activating group) is 1. The molecule has 0 saturated heterocycles. The Balaban J connectivity index is 0.00000306. The zero-order valence-electron chi connectivity index (χ0n) is 19.4. The van der Waals surface area contributed by atoms with Gasteiger partial charge < -0.3 is 19.1 Å². The summed E-state index contributed by atoms with van der Waals surface area (Å²) in [4.78, 5) is 22.4. The van der Waals surface area contributed by atoms with Crippen molar-refractivity contribution in [1.82, 2.24) is 9.88 Å². The molecular formula is C24H30ClN3O4S. The monoisotopic (exact) mass is 491 g/mol. The molecule has 1 aromatic heterocycles. The van der Waals surface area contributed by atoms with Gasteiger partial charge in [0.1, 0.15) is 11.3 Å². The normalized spacial score (nSPS) is 12.2. The van der Waals surface area contributed by atoms with E-state index in [2.05, 4.69) is 25.7 Å². The largest absolute Gasteiger partial charge is 0.494 e. The van der Waals surface area contributed by atoms with E-state index in [0.717, 1.165) is 46.7 Å². The number of aromatic nitrogens is 1. The summed E-state index contributed by atoms with van der Waals surface area (Å²) in [5.41, 5.74) is 2.81. The lowest BCUT2D eigenvalue weighted by Crippen LogP contribution is -2.39.